The van der Waals surface area contributed by atoms with Crippen LogP contribution in [0.5, 0.6) is 0 Å². The fraction of sp³-hybridized carbons (Fsp3) is 0.250. The molecule has 1 aromatic heterocycles. The molecule has 2 heterocycles. The number of amides is 2. The molecule has 6 heteroatoms. The molecule has 3 aromatic rings. The van der Waals surface area contributed by atoms with Crippen LogP contribution in [0, 0.1) is 20.8 Å². The van der Waals surface area contributed by atoms with Gasteiger partial charge in [0, 0.05) is 11.4 Å². The molecule has 174 valence electrons. The SMILES string of the molecule is CCc1ccccc1N1C(=O)/C(=C/c2cc(C)n(-c3c(C)cccc3CC)c2C)C(=O)NC1=S. The van der Waals surface area contributed by atoms with Crippen molar-refractivity contribution in [2.24, 2.45) is 0 Å². The lowest BCUT2D eigenvalue weighted by Gasteiger charge is -2.30. The van der Waals surface area contributed by atoms with E-state index in [2.05, 4.69) is 41.9 Å². The first-order valence-electron chi connectivity index (χ1n) is 11.6. The summed E-state index contributed by atoms with van der Waals surface area (Å²) in [6.45, 7) is 10.3. The van der Waals surface area contributed by atoms with Gasteiger partial charge in [-0.2, -0.15) is 0 Å². The predicted octanol–water partition coefficient (Wildman–Crippen LogP) is 5.36. The smallest absolute Gasteiger partial charge is 0.270 e. The van der Waals surface area contributed by atoms with Gasteiger partial charge in [0.25, 0.3) is 11.8 Å². The van der Waals surface area contributed by atoms with Crippen molar-refractivity contribution in [3.8, 4) is 5.69 Å². The second-order valence-electron chi connectivity index (χ2n) is 8.54. The zero-order chi connectivity index (χ0) is 24.6. The van der Waals surface area contributed by atoms with Crippen LogP contribution in [-0.4, -0.2) is 21.5 Å². The average molecular weight is 472 g/mol. The third kappa shape index (κ3) is 3.99. The molecule has 0 saturated carbocycles. The average Bonchev–Trinajstić information content (AvgIpc) is 3.09. The molecule has 0 radical (unpaired) electrons. The number of para-hydroxylation sites is 2. The fourth-order valence-corrected chi connectivity index (χ4v) is 4.94. The fourth-order valence-electron chi connectivity index (χ4n) is 4.66. The van der Waals surface area contributed by atoms with Crippen LogP contribution in [0.4, 0.5) is 5.69 Å². The predicted molar refractivity (Wildman–Crippen MR) is 141 cm³/mol. The van der Waals surface area contributed by atoms with E-state index in [1.54, 1.807) is 6.08 Å². The number of thiocarbonyl (C=S) groups is 1. The number of benzene rings is 2. The third-order valence-corrected chi connectivity index (χ3v) is 6.70. The Morgan fingerprint density at radius 3 is 2.32 bits per heavy atom. The summed E-state index contributed by atoms with van der Waals surface area (Å²) in [4.78, 5) is 27.8. The van der Waals surface area contributed by atoms with E-state index in [-0.39, 0.29) is 10.7 Å². The maximum atomic E-state index is 13.5. The zero-order valence-electron chi connectivity index (χ0n) is 20.2. The third-order valence-electron chi connectivity index (χ3n) is 6.41. The van der Waals surface area contributed by atoms with Crippen molar-refractivity contribution in [3.05, 3.63) is 87.7 Å². The van der Waals surface area contributed by atoms with Gasteiger partial charge in [-0.05, 0) is 86.3 Å². The summed E-state index contributed by atoms with van der Waals surface area (Å²) in [5, 5.41) is 2.81. The van der Waals surface area contributed by atoms with Crippen molar-refractivity contribution in [1.29, 1.82) is 0 Å². The summed E-state index contributed by atoms with van der Waals surface area (Å²) < 4.78 is 2.21. The number of aromatic nitrogens is 1. The van der Waals surface area contributed by atoms with E-state index in [4.69, 9.17) is 12.2 Å². The number of carbonyl (C=O) groups excluding carboxylic acids is 2. The number of nitrogens with zero attached hydrogens (tertiary/aromatic N) is 2. The van der Waals surface area contributed by atoms with E-state index in [0.29, 0.717) is 5.69 Å². The van der Waals surface area contributed by atoms with Crippen LogP contribution in [0.15, 0.2) is 54.1 Å². The summed E-state index contributed by atoms with van der Waals surface area (Å²) in [5.41, 5.74) is 8.19. The molecule has 0 spiro atoms. The normalized spacial score (nSPS) is 15.3. The highest BCUT2D eigenvalue weighted by atomic mass is 32.1. The molecule has 0 unspecified atom stereocenters. The van der Waals surface area contributed by atoms with E-state index in [1.807, 2.05) is 51.1 Å². The van der Waals surface area contributed by atoms with Gasteiger partial charge in [-0.1, -0.05) is 50.2 Å². The van der Waals surface area contributed by atoms with Crippen molar-refractivity contribution in [3.63, 3.8) is 0 Å². The van der Waals surface area contributed by atoms with Crippen molar-refractivity contribution in [1.82, 2.24) is 9.88 Å². The van der Waals surface area contributed by atoms with Crippen LogP contribution in [0.1, 0.15) is 47.5 Å². The van der Waals surface area contributed by atoms with Crippen molar-refractivity contribution < 1.29 is 9.59 Å². The molecule has 34 heavy (non-hydrogen) atoms. The minimum absolute atomic E-state index is 0.0697. The standard InChI is InChI=1S/C28H29N3O2S/c1-6-20-12-8-9-14-24(20)31-27(33)23(26(32)29-28(31)34)16-22-15-18(4)30(19(22)5)25-17(3)11-10-13-21(25)7-2/h8-16H,6-7H2,1-5H3,(H,29,32,34)/b23-16+. The van der Waals surface area contributed by atoms with Gasteiger partial charge in [0.05, 0.1) is 11.4 Å². The summed E-state index contributed by atoms with van der Waals surface area (Å²) in [6, 6.07) is 16.0. The highest BCUT2D eigenvalue weighted by molar-refractivity contribution is 7.80. The largest absolute Gasteiger partial charge is 0.317 e. The monoisotopic (exact) mass is 471 g/mol. The van der Waals surface area contributed by atoms with Gasteiger partial charge in [-0.15, -0.1) is 0 Å². The molecule has 2 amide bonds. The summed E-state index contributed by atoms with van der Waals surface area (Å²) in [5.74, 6) is -0.889. The van der Waals surface area contributed by atoms with Gasteiger partial charge < -0.3 is 4.57 Å². The number of anilines is 1. The molecule has 2 aromatic carbocycles. The van der Waals surface area contributed by atoms with E-state index in [1.165, 1.54) is 16.0 Å². The zero-order valence-corrected chi connectivity index (χ0v) is 21.0. The maximum absolute atomic E-state index is 13.5. The number of hydrogen-bond acceptors (Lipinski definition) is 3. The molecule has 1 N–H and O–H groups in total. The molecule has 1 aliphatic rings. The van der Waals surface area contributed by atoms with Crippen LogP contribution >= 0.6 is 12.2 Å². The van der Waals surface area contributed by atoms with E-state index in [9.17, 15) is 9.59 Å². The molecule has 1 saturated heterocycles. The molecule has 1 aliphatic heterocycles. The Labute approximate surface area is 206 Å². The number of carbonyl (C=O) groups is 2. The Kier molecular flexibility index (Phi) is 6.53. The summed E-state index contributed by atoms with van der Waals surface area (Å²) >= 11 is 5.39. The highest BCUT2D eigenvalue weighted by Crippen LogP contribution is 2.30. The van der Waals surface area contributed by atoms with E-state index >= 15 is 0 Å². The number of aryl methyl sites for hydroxylation is 4. The second kappa shape index (κ2) is 9.39. The van der Waals surface area contributed by atoms with Crippen molar-refractivity contribution in [2.75, 3.05) is 4.90 Å². The molecule has 5 nitrogen and oxygen atoms in total. The van der Waals surface area contributed by atoms with Crippen molar-refractivity contribution in [2.45, 2.75) is 47.5 Å². The Bertz CT molecular complexity index is 1350. The molecule has 0 bridgehead atoms. The molecule has 1 fully saturated rings. The summed E-state index contributed by atoms with van der Waals surface area (Å²) in [7, 11) is 0. The Morgan fingerprint density at radius 2 is 1.62 bits per heavy atom. The minimum atomic E-state index is -0.477. The van der Waals surface area contributed by atoms with Gasteiger partial charge in [0.15, 0.2) is 5.11 Å². The van der Waals surface area contributed by atoms with Gasteiger partial charge in [0.2, 0.25) is 0 Å². The highest BCUT2D eigenvalue weighted by Gasteiger charge is 2.35. The molecule has 0 atom stereocenters. The Hall–Kier alpha value is -3.51. The topological polar surface area (TPSA) is 54.3 Å². The van der Waals surface area contributed by atoms with Gasteiger partial charge in [-0.3, -0.25) is 19.8 Å². The first kappa shape index (κ1) is 23.6. The Morgan fingerprint density at radius 1 is 0.941 bits per heavy atom. The first-order valence-corrected chi connectivity index (χ1v) is 12.0. The number of nitrogens with one attached hydrogen (secondary N) is 1. The molecule has 4 rings (SSSR count). The lowest BCUT2D eigenvalue weighted by Crippen LogP contribution is -2.54. The van der Waals surface area contributed by atoms with Crippen LogP contribution in [0.3, 0.4) is 0 Å². The van der Waals surface area contributed by atoms with Gasteiger partial charge in [0.1, 0.15) is 5.57 Å². The first-order chi connectivity index (χ1) is 16.3. The molecule has 0 aliphatic carbocycles. The maximum Gasteiger partial charge on any atom is 0.270 e. The number of rotatable bonds is 5. The van der Waals surface area contributed by atoms with E-state index < -0.39 is 11.8 Å². The number of hydrogen-bond donors (Lipinski definition) is 1. The van der Waals surface area contributed by atoms with Crippen LogP contribution in [0.2, 0.25) is 0 Å². The van der Waals surface area contributed by atoms with Crippen LogP contribution < -0.4 is 10.2 Å². The lowest BCUT2D eigenvalue weighted by molar-refractivity contribution is -0.122. The Balaban J connectivity index is 1.82. The van der Waals surface area contributed by atoms with E-state index in [0.717, 1.165) is 41.0 Å². The molecular weight excluding hydrogens is 442 g/mol. The molecular formula is C28H29N3O2S. The van der Waals surface area contributed by atoms with Gasteiger partial charge in [-0.25, -0.2) is 0 Å². The lowest BCUT2D eigenvalue weighted by atomic mass is 10.0. The van der Waals surface area contributed by atoms with Crippen molar-refractivity contribution >= 4 is 40.9 Å². The van der Waals surface area contributed by atoms with Crippen LogP contribution in [-0.2, 0) is 22.4 Å². The quantitative estimate of drug-likeness (QED) is 0.310. The van der Waals surface area contributed by atoms with Gasteiger partial charge >= 0.3 is 0 Å². The minimum Gasteiger partial charge on any atom is -0.317 e. The second-order valence-corrected chi connectivity index (χ2v) is 8.92. The van der Waals surface area contributed by atoms with Crippen LogP contribution in [0.25, 0.3) is 11.8 Å². The summed E-state index contributed by atoms with van der Waals surface area (Å²) in [6.07, 6.45) is 3.34.